The Kier molecular flexibility index (Phi) is 4.09. The Labute approximate surface area is 114 Å². The van der Waals surface area contributed by atoms with E-state index in [-0.39, 0.29) is 5.82 Å². The molecule has 1 aromatic rings. The monoisotopic (exact) mass is 263 g/mol. The number of pyridine rings is 1. The molecule has 19 heavy (non-hydrogen) atoms. The van der Waals surface area contributed by atoms with Crippen LogP contribution in [0.2, 0.25) is 0 Å². The van der Waals surface area contributed by atoms with Crippen LogP contribution in [-0.4, -0.2) is 35.6 Å². The SMILES string of the molecule is Fc1cncc(CN(CC2CCCNC2)C2CC2)c1. The van der Waals surface area contributed by atoms with Gasteiger partial charge in [0, 0.05) is 25.3 Å². The van der Waals surface area contributed by atoms with Crippen LogP contribution in [0.1, 0.15) is 31.2 Å². The van der Waals surface area contributed by atoms with E-state index in [1.807, 2.05) is 0 Å². The fraction of sp³-hybridized carbons (Fsp3) is 0.667. The Hall–Kier alpha value is -1.00. The lowest BCUT2D eigenvalue weighted by Gasteiger charge is -2.30. The molecule has 0 bridgehead atoms. The minimum atomic E-state index is -0.229. The van der Waals surface area contributed by atoms with Crippen molar-refractivity contribution in [2.24, 2.45) is 5.92 Å². The molecule has 1 aliphatic heterocycles. The number of aromatic nitrogens is 1. The topological polar surface area (TPSA) is 28.2 Å². The third-order valence-corrected chi connectivity index (χ3v) is 4.10. The van der Waals surface area contributed by atoms with Gasteiger partial charge in [-0.05, 0) is 56.3 Å². The molecule has 1 saturated heterocycles. The van der Waals surface area contributed by atoms with E-state index >= 15 is 0 Å². The van der Waals surface area contributed by atoms with Crippen molar-refractivity contribution in [1.82, 2.24) is 15.2 Å². The van der Waals surface area contributed by atoms with Gasteiger partial charge in [-0.2, -0.15) is 0 Å². The molecular weight excluding hydrogens is 241 g/mol. The smallest absolute Gasteiger partial charge is 0.141 e. The second-order valence-electron chi connectivity index (χ2n) is 5.88. The van der Waals surface area contributed by atoms with Crippen LogP contribution in [0.25, 0.3) is 0 Å². The first kappa shape index (κ1) is 13.0. The van der Waals surface area contributed by atoms with Crippen molar-refractivity contribution in [3.05, 3.63) is 29.8 Å². The van der Waals surface area contributed by atoms with E-state index in [0.29, 0.717) is 6.04 Å². The van der Waals surface area contributed by atoms with Crippen molar-refractivity contribution >= 4 is 0 Å². The first-order valence-electron chi connectivity index (χ1n) is 7.35. The van der Waals surface area contributed by atoms with Crippen LogP contribution < -0.4 is 5.32 Å². The maximum atomic E-state index is 13.2. The summed E-state index contributed by atoms with van der Waals surface area (Å²) in [5.74, 6) is 0.517. The van der Waals surface area contributed by atoms with Crippen LogP contribution in [0.5, 0.6) is 0 Å². The lowest BCUT2D eigenvalue weighted by atomic mass is 9.99. The van der Waals surface area contributed by atoms with E-state index in [1.165, 1.54) is 31.9 Å². The van der Waals surface area contributed by atoms with Gasteiger partial charge in [-0.3, -0.25) is 9.88 Å². The Morgan fingerprint density at radius 1 is 1.32 bits per heavy atom. The predicted molar refractivity (Wildman–Crippen MR) is 73.2 cm³/mol. The second kappa shape index (κ2) is 5.97. The van der Waals surface area contributed by atoms with E-state index in [2.05, 4.69) is 15.2 Å². The summed E-state index contributed by atoms with van der Waals surface area (Å²) in [7, 11) is 0. The van der Waals surface area contributed by atoms with Crippen LogP contribution in [0.3, 0.4) is 0 Å². The molecule has 104 valence electrons. The molecule has 0 spiro atoms. The number of rotatable bonds is 5. The van der Waals surface area contributed by atoms with Gasteiger partial charge in [0.15, 0.2) is 0 Å². The van der Waals surface area contributed by atoms with Crippen molar-refractivity contribution < 1.29 is 4.39 Å². The highest BCUT2D eigenvalue weighted by Crippen LogP contribution is 2.29. The highest BCUT2D eigenvalue weighted by Gasteiger charge is 2.30. The summed E-state index contributed by atoms with van der Waals surface area (Å²) < 4.78 is 13.2. The van der Waals surface area contributed by atoms with E-state index in [4.69, 9.17) is 0 Å². The molecule has 0 aromatic carbocycles. The number of nitrogens with zero attached hydrogens (tertiary/aromatic N) is 2. The van der Waals surface area contributed by atoms with Crippen molar-refractivity contribution in [1.29, 1.82) is 0 Å². The molecular formula is C15H22FN3. The van der Waals surface area contributed by atoms with Crippen LogP contribution in [-0.2, 0) is 6.54 Å². The molecule has 2 fully saturated rings. The first-order chi connectivity index (χ1) is 9.31. The van der Waals surface area contributed by atoms with Gasteiger partial charge in [-0.25, -0.2) is 4.39 Å². The van der Waals surface area contributed by atoms with Gasteiger partial charge in [0.25, 0.3) is 0 Å². The number of piperidine rings is 1. The van der Waals surface area contributed by atoms with E-state index in [0.717, 1.165) is 37.7 Å². The summed E-state index contributed by atoms with van der Waals surface area (Å²) in [5.41, 5.74) is 0.996. The highest BCUT2D eigenvalue weighted by atomic mass is 19.1. The van der Waals surface area contributed by atoms with Crippen LogP contribution in [0.15, 0.2) is 18.5 Å². The summed E-state index contributed by atoms with van der Waals surface area (Å²) in [6.07, 6.45) is 8.25. The minimum absolute atomic E-state index is 0.229. The molecule has 0 amide bonds. The summed E-state index contributed by atoms with van der Waals surface area (Å²) in [6, 6.07) is 2.33. The second-order valence-corrected chi connectivity index (χ2v) is 5.88. The standard InChI is InChI=1S/C15H22FN3/c16-14-6-13(8-18-9-14)11-19(15-3-4-15)10-12-2-1-5-17-7-12/h6,8-9,12,15,17H,1-5,7,10-11H2. The summed E-state index contributed by atoms with van der Waals surface area (Å²) in [6.45, 7) is 4.26. The van der Waals surface area contributed by atoms with Crippen molar-refractivity contribution in [2.75, 3.05) is 19.6 Å². The highest BCUT2D eigenvalue weighted by molar-refractivity contribution is 5.10. The molecule has 1 saturated carbocycles. The zero-order chi connectivity index (χ0) is 13.1. The molecule has 1 unspecified atom stereocenters. The zero-order valence-corrected chi connectivity index (χ0v) is 11.3. The Balaban J connectivity index is 1.60. The summed E-state index contributed by atoms with van der Waals surface area (Å²) >= 11 is 0. The fourth-order valence-corrected chi connectivity index (χ4v) is 2.97. The van der Waals surface area contributed by atoms with Gasteiger partial charge in [0.05, 0.1) is 6.20 Å². The normalized spacial score (nSPS) is 23.8. The number of nitrogens with one attached hydrogen (secondary N) is 1. The lowest BCUT2D eigenvalue weighted by molar-refractivity contribution is 0.192. The van der Waals surface area contributed by atoms with Gasteiger partial charge in [-0.15, -0.1) is 0 Å². The molecule has 0 radical (unpaired) electrons. The number of hydrogen-bond acceptors (Lipinski definition) is 3. The molecule has 1 aliphatic carbocycles. The zero-order valence-electron chi connectivity index (χ0n) is 11.3. The van der Waals surface area contributed by atoms with Crippen molar-refractivity contribution in [2.45, 2.75) is 38.3 Å². The summed E-state index contributed by atoms with van der Waals surface area (Å²) in [4.78, 5) is 6.47. The largest absolute Gasteiger partial charge is 0.316 e. The Morgan fingerprint density at radius 3 is 2.89 bits per heavy atom. The summed E-state index contributed by atoms with van der Waals surface area (Å²) in [5, 5.41) is 3.47. The Morgan fingerprint density at radius 2 is 2.21 bits per heavy atom. The third kappa shape index (κ3) is 3.74. The van der Waals surface area contributed by atoms with Gasteiger partial charge >= 0.3 is 0 Å². The van der Waals surface area contributed by atoms with Gasteiger partial charge in [0.2, 0.25) is 0 Å². The number of hydrogen-bond donors (Lipinski definition) is 1. The molecule has 3 rings (SSSR count). The maximum Gasteiger partial charge on any atom is 0.141 e. The van der Waals surface area contributed by atoms with Gasteiger partial charge < -0.3 is 5.32 Å². The Bertz CT molecular complexity index is 414. The van der Waals surface area contributed by atoms with Crippen LogP contribution >= 0.6 is 0 Å². The van der Waals surface area contributed by atoms with Crippen molar-refractivity contribution in [3.8, 4) is 0 Å². The lowest BCUT2D eigenvalue weighted by Crippen LogP contribution is -2.39. The average Bonchev–Trinajstić information content (AvgIpc) is 3.23. The van der Waals surface area contributed by atoms with Gasteiger partial charge in [-0.1, -0.05) is 0 Å². The molecule has 2 heterocycles. The molecule has 1 atom stereocenters. The van der Waals surface area contributed by atoms with E-state index in [9.17, 15) is 4.39 Å². The van der Waals surface area contributed by atoms with E-state index < -0.39 is 0 Å². The van der Waals surface area contributed by atoms with Gasteiger partial charge in [0.1, 0.15) is 5.82 Å². The average molecular weight is 263 g/mol. The molecule has 1 N–H and O–H groups in total. The van der Waals surface area contributed by atoms with Crippen LogP contribution in [0, 0.1) is 11.7 Å². The quantitative estimate of drug-likeness (QED) is 0.882. The predicted octanol–water partition coefficient (Wildman–Crippen LogP) is 2.18. The minimum Gasteiger partial charge on any atom is -0.316 e. The number of halogens is 1. The fourth-order valence-electron chi connectivity index (χ4n) is 2.97. The molecule has 2 aliphatic rings. The first-order valence-corrected chi connectivity index (χ1v) is 7.35. The third-order valence-electron chi connectivity index (χ3n) is 4.10. The maximum absolute atomic E-state index is 13.2. The van der Waals surface area contributed by atoms with Crippen LogP contribution in [0.4, 0.5) is 4.39 Å². The van der Waals surface area contributed by atoms with Crippen molar-refractivity contribution in [3.63, 3.8) is 0 Å². The van der Waals surface area contributed by atoms with E-state index in [1.54, 1.807) is 12.3 Å². The molecule has 1 aromatic heterocycles. The molecule has 3 nitrogen and oxygen atoms in total. The molecule has 4 heteroatoms.